The predicted molar refractivity (Wildman–Crippen MR) is 111 cm³/mol. The smallest absolute Gasteiger partial charge is 0.273 e. The Kier molecular flexibility index (Phi) is 6.09. The lowest BCUT2D eigenvalue weighted by atomic mass is 10.1. The summed E-state index contributed by atoms with van der Waals surface area (Å²) < 4.78 is 82.2. The Morgan fingerprint density at radius 3 is 2.03 bits per heavy atom. The molecule has 4 rings (SSSR count). The summed E-state index contributed by atoms with van der Waals surface area (Å²) in [6, 6.07) is 8.70. The highest BCUT2D eigenvalue weighted by molar-refractivity contribution is 5.93. The van der Waals surface area contributed by atoms with E-state index in [4.69, 9.17) is 0 Å². The number of alkyl halides is 6. The second-order valence-corrected chi connectivity index (χ2v) is 7.38. The van der Waals surface area contributed by atoms with Gasteiger partial charge < -0.3 is 0 Å². The maximum atomic E-state index is 13.6. The van der Waals surface area contributed by atoms with Gasteiger partial charge in [-0.3, -0.25) is 20.0 Å². The number of aromatic nitrogens is 3. The van der Waals surface area contributed by atoms with Crippen molar-refractivity contribution in [2.24, 2.45) is 0 Å². The molecule has 1 saturated heterocycles. The standard InChI is InChI=1S/C22H15F6N5O2/c23-21(24,25)15-7-3-1-5-13(15)19-29-20(14-6-2-4-8-16(14)22(26,27)28)33(31-19)11-9-17(34)30-32-12-10-18(32)35/h1-9,11H,10,12H2,(H,30,34)/b11-9-. The van der Waals surface area contributed by atoms with Crippen molar-refractivity contribution in [2.45, 2.75) is 18.8 Å². The van der Waals surface area contributed by atoms with Crippen molar-refractivity contribution in [2.75, 3.05) is 6.54 Å². The number of carbonyl (C=O) groups is 2. The highest BCUT2D eigenvalue weighted by atomic mass is 19.4. The summed E-state index contributed by atoms with van der Waals surface area (Å²) in [6.45, 7) is 0.296. The predicted octanol–water partition coefficient (Wildman–Crippen LogP) is 4.38. The molecule has 35 heavy (non-hydrogen) atoms. The van der Waals surface area contributed by atoms with E-state index in [0.717, 1.165) is 58.4 Å². The first-order valence-corrected chi connectivity index (χ1v) is 10.0. The first kappa shape index (κ1) is 24.0. The molecule has 3 aromatic rings. The van der Waals surface area contributed by atoms with Gasteiger partial charge in [-0.1, -0.05) is 36.4 Å². The van der Waals surface area contributed by atoms with Crippen molar-refractivity contribution in [1.29, 1.82) is 0 Å². The minimum Gasteiger partial charge on any atom is -0.273 e. The van der Waals surface area contributed by atoms with Gasteiger partial charge in [-0.05, 0) is 12.1 Å². The Morgan fingerprint density at radius 1 is 0.914 bits per heavy atom. The van der Waals surface area contributed by atoms with Crippen LogP contribution in [0.15, 0.2) is 54.6 Å². The van der Waals surface area contributed by atoms with E-state index >= 15 is 0 Å². The second kappa shape index (κ2) is 8.89. The maximum absolute atomic E-state index is 13.6. The van der Waals surface area contributed by atoms with Crippen LogP contribution >= 0.6 is 0 Å². The molecule has 1 fully saturated rings. The highest BCUT2D eigenvalue weighted by Crippen LogP contribution is 2.39. The van der Waals surface area contributed by atoms with E-state index in [-0.39, 0.29) is 12.3 Å². The van der Waals surface area contributed by atoms with Crippen molar-refractivity contribution in [3.8, 4) is 22.8 Å². The molecule has 182 valence electrons. The summed E-state index contributed by atoms with van der Waals surface area (Å²) in [5.74, 6) is -2.04. The van der Waals surface area contributed by atoms with Crippen molar-refractivity contribution >= 4 is 18.0 Å². The largest absolute Gasteiger partial charge is 0.417 e. The van der Waals surface area contributed by atoms with Crippen LogP contribution in [0, 0.1) is 0 Å². The van der Waals surface area contributed by atoms with Crippen LogP contribution < -0.4 is 5.43 Å². The normalized spacial score (nSPS) is 14.3. The van der Waals surface area contributed by atoms with Gasteiger partial charge in [0.1, 0.15) is 0 Å². The number of amides is 2. The Morgan fingerprint density at radius 2 is 1.49 bits per heavy atom. The molecule has 1 aliphatic rings. The zero-order valence-corrected chi connectivity index (χ0v) is 17.6. The van der Waals surface area contributed by atoms with E-state index in [1.165, 1.54) is 12.1 Å². The second-order valence-electron chi connectivity index (χ2n) is 7.38. The number of halogens is 6. The minimum atomic E-state index is -4.80. The van der Waals surface area contributed by atoms with Crippen molar-refractivity contribution in [1.82, 2.24) is 25.2 Å². The summed E-state index contributed by atoms with van der Waals surface area (Å²) >= 11 is 0. The van der Waals surface area contributed by atoms with Gasteiger partial charge in [-0.2, -0.15) is 26.3 Å². The van der Waals surface area contributed by atoms with Crippen LogP contribution in [0.4, 0.5) is 26.3 Å². The van der Waals surface area contributed by atoms with Gasteiger partial charge in [0.25, 0.3) is 5.91 Å². The van der Waals surface area contributed by atoms with Crippen LogP contribution in [0.2, 0.25) is 0 Å². The Hall–Kier alpha value is -4.16. The highest BCUT2D eigenvalue weighted by Gasteiger charge is 2.36. The lowest BCUT2D eigenvalue weighted by Gasteiger charge is -2.29. The maximum Gasteiger partial charge on any atom is 0.417 e. The van der Waals surface area contributed by atoms with E-state index in [1.807, 2.05) is 0 Å². The van der Waals surface area contributed by atoms with Gasteiger partial charge in [0, 0.05) is 29.8 Å². The fraction of sp³-hybridized carbons (Fsp3) is 0.182. The molecule has 1 aliphatic heterocycles. The third-order valence-electron chi connectivity index (χ3n) is 5.04. The average Bonchev–Trinajstić information content (AvgIpc) is 3.23. The number of carbonyl (C=O) groups excluding carboxylic acids is 2. The van der Waals surface area contributed by atoms with Gasteiger partial charge in [0.2, 0.25) is 5.91 Å². The number of rotatable bonds is 5. The number of nitrogens with one attached hydrogen (secondary N) is 1. The molecule has 13 heteroatoms. The lowest BCUT2D eigenvalue weighted by Crippen LogP contribution is -2.53. The molecule has 0 saturated carbocycles. The molecule has 0 radical (unpaired) electrons. The fourth-order valence-electron chi connectivity index (χ4n) is 3.32. The molecule has 1 aromatic heterocycles. The van der Waals surface area contributed by atoms with Crippen LogP contribution in [-0.4, -0.2) is 38.1 Å². The van der Waals surface area contributed by atoms with Gasteiger partial charge in [-0.15, -0.1) is 5.10 Å². The summed E-state index contributed by atoms with van der Waals surface area (Å²) in [4.78, 5) is 27.4. The first-order chi connectivity index (χ1) is 16.4. The molecule has 2 amide bonds. The monoisotopic (exact) mass is 495 g/mol. The van der Waals surface area contributed by atoms with Gasteiger partial charge in [0.05, 0.1) is 17.7 Å². The van der Waals surface area contributed by atoms with E-state index in [9.17, 15) is 35.9 Å². The zero-order chi connectivity index (χ0) is 25.4. The van der Waals surface area contributed by atoms with Gasteiger partial charge >= 0.3 is 12.4 Å². The molecule has 1 N–H and O–H groups in total. The van der Waals surface area contributed by atoms with Crippen LogP contribution in [0.3, 0.4) is 0 Å². The molecule has 0 unspecified atom stereocenters. The van der Waals surface area contributed by atoms with E-state index in [2.05, 4.69) is 15.5 Å². The third-order valence-corrected chi connectivity index (χ3v) is 5.04. The Labute approximate surface area is 193 Å². The summed E-state index contributed by atoms with van der Waals surface area (Å²) in [5.41, 5.74) is -0.804. The van der Waals surface area contributed by atoms with Gasteiger partial charge in [0.15, 0.2) is 11.6 Å². The lowest BCUT2D eigenvalue weighted by molar-refractivity contribution is -0.148. The van der Waals surface area contributed by atoms with Crippen LogP contribution in [0.5, 0.6) is 0 Å². The summed E-state index contributed by atoms with van der Waals surface area (Å²) in [6.07, 6.45) is -7.48. The molecular formula is C22H15F6N5O2. The molecule has 2 heterocycles. The van der Waals surface area contributed by atoms with Gasteiger partial charge in [-0.25, -0.2) is 9.67 Å². The number of β-lactam (4-membered cyclic amide) rings is 1. The number of benzene rings is 2. The number of hydrogen-bond acceptors (Lipinski definition) is 4. The minimum absolute atomic E-state index is 0.257. The van der Waals surface area contributed by atoms with Crippen LogP contribution in [0.25, 0.3) is 29.0 Å². The molecule has 7 nitrogen and oxygen atoms in total. The third kappa shape index (κ3) is 5.03. The number of nitrogens with zero attached hydrogens (tertiary/aromatic N) is 4. The Balaban J connectivity index is 1.82. The van der Waals surface area contributed by atoms with Crippen molar-refractivity contribution in [3.05, 3.63) is 65.7 Å². The number of hydrogen-bond donors (Lipinski definition) is 1. The molecule has 0 spiro atoms. The average molecular weight is 495 g/mol. The number of hydrazine groups is 1. The zero-order valence-electron chi connectivity index (χ0n) is 17.6. The summed E-state index contributed by atoms with van der Waals surface area (Å²) in [5, 5.41) is 4.99. The quantitative estimate of drug-likeness (QED) is 0.324. The molecule has 0 bridgehead atoms. The van der Waals surface area contributed by atoms with E-state index < -0.39 is 52.2 Å². The molecule has 0 aliphatic carbocycles. The van der Waals surface area contributed by atoms with E-state index in [0.29, 0.717) is 6.54 Å². The van der Waals surface area contributed by atoms with Crippen molar-refractivity contribution in [3.63, 3.8) is 0 Å². The van der Waals surface area contributed by atoms with Crippen molar-refractivity contribution < 1.29 is 35.9 Å². The molecule has 2 aromatic carbocycles. The topological polar surface area (TPSA) is 80.1 Å². The van der Waals surface area contributed by atoms with E-state index in [1.54, 1.807) is 0 Å². The van der Waals surface area contributed by atoms with Crippen LogP contribution in [-0.2, 0) is 21.9 Å². The molecule has 0 atom stereocenters. The first-order valence-electron chi connectivity index (χ1n) is 10.0. The fourth-order valence-corrected chi connectivity index (χ4v) is 3.32. The Bertz CT molecular complexity index is 1310. The van der Waals surface area contributed by atoms with Crippen LogP contribution in [0.1, 0.15) is 17.5 Å². The summed E-state index contributed by atoms with van der Waals surface area (Å²) in [7, 11) is 0. The SMILES string of the molecule is O=C(/C=C\n1nc(-c2ccccc2C(F)(F)F)nc1-c1ccccc1C(F)(F)F)NN1CCC1=O. The molecular weight excluding hydrogens is 480 g/mol.